The summed E-state index contributed by atoms with van der Waals surface area (Å²) >= 11 is 0. The fourth-order valence-corrected chi connectivity index (χ4v) is 4.00. The van der Waals surface area contributed by atoms with Crippen molar-refractivity contribution in [2.45, 2.75) is 19.0 Å². The highest BCUT2D eigenvalue weighted by Crippen LogP contribution is 2.36. The first-order valence-electron chi connectivity index (χ1n) is 10.8. The zero-order chi connectivity index (χ0) is 22.6. The molecule has 3 aromatic rings. The molecular weight excluding hydrogens is 419 g/mol. The highest BCUT2D eigenvalue weighted by molar-refractivity contribution is 5.93. The summed E-state index contributed by atoms with van der Waals surface area (Å²) < 4.78 is 41.5. The molecule has 1 aliphatic rings. The van der Waals surface area contributed by atoms with E-state index in [0.29, 0.717) is 25.3 Å². The lowest BCUT2D eigenvalue weighted by atomic mass is 10.1. The first-order valence-corrected chi connectivity index (χ1v) is 10.8. The molecule has 4 rings (SSSR count). The summed E-state index contributed by atoms with van der Waals surface area (Å²) in [5.41, 5.74) is 0.949. The third-order valence-corrected chi connectivity index (χ3v) is 5.71. The van der Waals surface area contributed by atoms with Gasteiger partial charge in [0.2, 0.25) is 0 Å². The Hall–Kier alpha value is -3.07. The number of nitrogens with zero attached hydrogens (tertiary/aromatic N) is 4. The number of benzene rings is 1. The van der Waals surface area contributed by atoms with E-state index in [0.717, 1.165) is 44.1 Å². The van der Waals surface area contributed by atoms with Gasteiger partial charge in [-0.05, 0) is 49.7 Å². The molecule has 1 N–H and O–H groups in total. The lowest BCUT2D eigenvalue weighted by molar-refractivity contribution is -0.137. The van der Waals surface area contributed by atoms with Gasteiger partial charge in [0.25, 0.3) is 5.91 Å². The molecule has 1 aromatic carbocycles. The number of halogens is 3. The number of pyridine rings is 1. The molecule has 6 nitrogen and oxygen atoms in total. The predicted octanol–water partition coefficient (Wildman–Crippen LogP) is 3.69. The Morgan fingerprint density at radius 1 is 1.00 bits per heavy atom. The number of nitrogens with one attached hydrogen (secondary N) is 1. The van der Waals surface area contributed by atoms with Gasteiger partial charge in [-0.2, -0.15) is 18.3 Å². The Morgan fingerprint density at radius 3 is 2.50 bits per heavy atom. The number of aromatic nitrogens is 2. The van der Waals surface area contributed by atoms with Crippen LogP contribution in [0.5, 0.6) is 0 Å². The maximum absolute atomic E-state index is 13.3. The molecule has 0 bridgehead atoms. The quantitative estimate of drug-likeness (QED) is 0.564. The largest absolute Gasteiger partial charge is 0.418 e. The number of unbranched alkanes of at least 4 members (excludes halogenated alkanes) is 1. The number of hydrogen-bond donors (Lipinski definition) is 1. The number of fused-ring (bicyclic) bond motifs is 1. The van der Waals surface area contributed by atoms with E-state index >= 15 is 0 Å². The standard InChI is InChI=1S/C23H26F3N5O/c24-23(25,26)19-8-1-2-9-21(19)30-15-13-29(14-16-30)11-6-4-10-27-22(32)20-17-18-7-3-5-12-31(18)28-20/h1-3,5,7-9,12,17H,4,6,10-11,13-16H2,(H,27,32). The number of amides is 1. The number of hydrogen-bond acceptors (Lipinski definition) is 4. The van der Waals surface area contributed by atoms with E-state index in [-0.39, 0.29) is 11.6 Å². The van der Waals surface area contributed by atoms with Crippen LogP contribution in [0.4, 0.5) is 18.9 Å². The summed E-state index contributed by atoms with van der Waals surface area (Å²) in [6.45, 7) is 4.00. The fraction of sp³-hybridized carbons (Fsp3) is 0.391. The van der Waals surface area contributed by atoms with Crippen LogP contribution in [0, 0.1) is 0 Å². The Kier molecular flexibility index (Phi) is 6.64. The second-order valence-electron chi connectivity index (χ2n) is 7.91. The van der Waals surface area contributed by atoms with Gasteiger partial charge in [0, 0.05) is 44.6 Å². The van der Waals surface area contributed by atoms with Gasteiger partial charge in [0.1, 0.15) is 0 Å². The molecule has 32 heavy (non-hydrogen) atoms. The minimum absolute atomic E-state index is 0.189. The van der Waals surface area contributed by atoms with Crippen LogP contribution in [0.1, 0.15) is 28.9 Å². The van der Waals surface area contributed by atoms with E-state index < -0.39 is 11.7 Å². The van der Waals surface area contributed by atoms with Crippen LogP contribution in [0.25, 0.3) is 5.52 Å². The van der Waals surface area contributed by atoms with Crippen LogP contribution in [0.15, 0.2) is 54.7 Å². The van der Waals surface area contributed by atoms with Gasteiger partial charge in [0.15, 0.2) is 5.69 Å². The summed E-state index contributed by atoms with van der Waals surface area (Å²) in [6, 6.07) is 13.2. The molecule has 170 valence electrons. The smallest absolute Gasteiger partial charge is 0.368 e. The molecule has 3 heterocycles. The molecule has 9 heteroatoms. The summed E-state index contributed by atoms with van der Waals surface area (Å²) in [6.07, 6.45) is -0.810. The zero-order valence-corrected chi connectivity index (χ0v) is 17.7. The lowest BCUT2D eigenvalue weighted by Gasteiger charge is -2.37. The van der Waals surface area contributed by atoms with E-state index in [4.69, 9.17) is 0 Å². The van der Waals surface area contributed by atoms with Gasteiger partial charge >= 0.3 is 6.18 Å². The molecule has 1 aliphatic heterocycles. The minimum Gasteiger partial charge on any atom is -0.368 e. The molecule has 0 saturated carbocycles. The van der Waals surface area contributed by atoms with E-state index in [1.807, 2.05) is 23.1 Å². The molecule has 0 spiro atoms. The van der Waals surface area contributed by atoms with Gasteiger partial charge in [-0.1, -0.05) is 18.2 Å². The van der Waals surface area contributed by atoms with E-state index in [2.05, 4.69) is 15.3 Å². The van der Waals surface area contributed by atoms with Crippen molar-refractivity contribution in [1.82, 2.24) is 19.8 Å². The van der Waals surface area contributed by atoms with Crippen molar-refractivity contribution in [3.05, 3.63) is 66.0 Å². The maximum atomic E-state index is 13.3. The van der Waals surface area contributed by atoms with Crippen molar-refractivity contribution < 1.29 is 18.0 Å². The number of rotatable bonds is 7. The molecule has 0 aliphatic carbocycles. The van der Waals surface area contributed by atoms with Gasteiger partial charge in [-0.15, -0.1) is 0 Å². The molecule has 1 fully saturated rings. The minimum atomic E-state index is -4.35. The van der Waals surface area contributed by atoms with Crippen LogP contribution >= 0.6 is 0 Å². The Balaban J connectivity index is 1.17. The van der Waals surface area contributed by atoms with Crippen molar-refractivity contribution in [1.29, 1.82) is 0 Å². The van der Waals surface area contributed by atoms with Crippen molar-refractivity contribution in [3.63, 3.8) is 0 Å². The first kappa shape index (κ1) is 22.1. The van der Waals surface area contributed by atoms with Gasteiger partial charge in [-0.25, -0.2) is 4.52 Å². The van der Waals surface area contributed by atoms with Crippen molar-refractivity contribution in [2.75, 3.05) is 44.2 Å². The van der Waals surface area contributed by atoms with Gasteiger partial charge < -0.3 is 10.2 Å². The third-order valence-electron chi connectivity index (χ3n) is 5.71. The highest BCUT2D eigenvalue weighted by Gasteiger charge is 2.35. The monoisotopic (exact) mass is 445 g/mol. The fourth-order valence-electron chi connectivity index (χ4n) is 4.00. The summed E-state index contributed by atoms with van der Waals surface area (Å²) in [5, 5.41) is 7.16. The zero-order valence-electron chi connectivity index (χ0n) is 17.7. The van der Waals surface area contributed by atoms with E-state index in [1.54, 1.807) is 28.9 Å². The SMILES string of the molecule is O=C(NCCCCN1CCN(c2ccccc2C(F)(F)F)CC1)c1cc2ccccn2n1. The van der Waals surface area contributed by atoms with Crippen LogP contribution in [-0.4, -0.2) is 59.7 Å². The second kappa shape index (κ2) is 9.60. The molecular formula is C23H26F3N5O. The van der Waals surface area contributed by atoms with Gasteiger partial charge in [0.05, 0.1) is 11.1 Å². The highest BCUT2D eigenvalue weighted by atomic mass is 19.4. The van der Waals surface area contributed by atoms with Gasteiger partial charge in [-0.3, -0.25) is 9.69 Å². The number of anilines is 1. The van der Waals surface area contributed by atoms with Crippen LogP contribution in [-0.2, 0) is 6.18 Å². The second-order valence-corrected chi connectivity index (χ2v) is 7.91. The van der Waals surface area contributed by atoms with Crippen molar-refractivity contribution >= 4 is 17.1 Å². The predicted molar refractivity (Wildman–Crippen MR) is 117 cm³/mol. The third kappa shape index (κ3) is 5.21. The number of carbonyl (C=O) groups is 1. The van der Waals surface area contributed by atoms with Crippen molar-refractivity contribution in [2.24, 2.45) is 0 Å². The first-order chi connectivity index (χ1) is 15.4. The Bertz CT molecular complexity index is 1020. The average Bonchev–Trinajstić information content (AvgIpc) is 3.23. The summed E-state index contributed by atoms with van der Waals surface area (Å²) in [7, 11) is 0. The number of alkyl halides is 3. The Labute approximate surface area is 184 Å². The molecule has 2 aromatic heterocycles. The number of carbonyl (C=O) groups excluding carboxylic acids is 1. The summed E-state index contributed by atoms with van der Waals surface area (Å²) in [5.74, 6) is -0.189. The molecule has 0 unspecified atom stereocenters. The van der Waals surface area contributed by atoms with Crippen LogP contribution in [0.2, 0.25) is 0 Å². The van der Waals surface area contributed by atoms with E-state index in [9.17, 15) is 18.0 Å². The number of piperazine rings is 1. The number of para-hydroxylation sites is 1. The average molecular weight is 445 g/mol. The summed E-state index contributed by atoms with van der Waals surface area (Å²) in [4.78, 5) is 16.3. The van der Waals surface area contributed by atoms with Crippen LogP contribution < -0.4 is 10.2 Å². The normalized spacial score (nSPS) is 15.3. The molecule has 1 saturated heterocycles. The van der Waals surface area contributed by atoms with Crippen LogP contribution in [0.3, 0.4) is 0 Å². The molecule has 0 atom stereocenters. The Morgan fingerprint density at radius 2 is 1.75 bits per heavy atom. The lowest BCUT2D eigenvalue weighted by Crippen LogP contribution is -2.47. The van der Waals surface area contributed by atoms with Crippen molar-refractivity contribution in [3.8, 4) is 0 Å². The topological polar surface area (TPSA) is 52.9 Å². The maximum Gasteiger partial charge on any atom is 0.418 e. The molecule has 1 amide bonds. The van der Waals surface area contributed by atoms with E-state index in [1.165, 1.54) is 6.07 Å². The molecule has 0 radical (unpaired) electrons.